The first-order valence-electron chi connectivity index (χ1n) is 9.17. The van der Waals surface area contributed by atoms with Gasteiger partial charge >= 0.3 is 0 Å². The van der Waals surface area contributed by atoms with Crippen molar-refractivity contribution in [1.29, 1.82) is 0 Å². The number of carbonyl (C=O) groups is 1. The number of imidazole rings is 1. The van der Waals surface area contributed by atoms with Crippen molar-refractivity contribution in [2.75, 3.05) is 5.32 Å². The molecule has 2 aromatic carbocycles. The molecule has 0 unspecified atom stereocenters. The summed E-state index contributed by atoms with van der Waals surface area (Å²) in [5.74, 6) is 1.45. The van der Waals surface area contributed by atoms with Crippen LogP contribution in [0.4, 0.5) is 5.69 Å². The van der Waals surface area contributed by atoms with E-state index in [4.69, 9.17) is 16.3 Å². The number of nitrogens with one attached hydrogen (secondary N) is 1. The largest absolute Gasteiger partial charge is 0.439 e. The van der Waals surface area contributed by atoms with Gasteiger partial charge in [0.25, 0.3) is 5.91 Å². The van der Waals surface area contributed by atoms with Gasteiger partial charge in [0.15, 0.2) is 0 Å². The Balaban J connectivity index is 1.45. The number of nitrogens with zero attached hydrogens (tertiary/aromatic N) is 4. The van der Waals surface area contributed by atoms with Gasteiger partial charge in [0.05, 0.1) is 5.69 Å². The third-order valence-corrected chi connectivity index (χ3v) is 4.82. The van der Waals surface area contributed by atoms with Gasteiger partial charge in [-0.05, 0) is 62.4 Å². The van der Waals surface area contributed by atoms with Crippen LogP contribution < -0.4 is 10.1 Å². The van der Waals surface area contributed by atoms with E-state index in [2.05, 4.69) is 20.3 Å². The molecule has 8 heteroatoms. The highest BCUT2D eigenvalue weighted by atomic mass is 35.5. The molecular weight excluding hydrogens is 402 g/mol. The lowest BCUT2D eigenvalue weighted by atomic mass is 10.2. The van der Waals surface area contributed by atoms with Crippen molar-refractivity contribution < 1.29 is 9.53 Å². The Morgan fingerprint density at radius 2 is 1.73 bits per heavy atom. The summed E-state index contributed by atoms with van der Waals surface area (Å²) in [6.07, 6.45) is 3.16. The summed E-state index contributed by atoms with van der Waals surface area (Å²) >= 11 is 5.85. The number of aryl methyl sites for hydroxylation is 1. The second-order valence-electron chi connectivity index (χ2n) is 6.59. The van der Waals surface area contributed by atoms with E-state index in [1.165, 1.54) is 6.33 Å². The predicted octanol–water partition coefficient (Wildman–Crippen LogP) is 4.98. The van der Waals surface area contributed by atoms with E-state index in [1.807, 2.05) is 18.4 Å². The van der Waals surface area contributed by atoms with Gasteiger partial charge in [-0.1, -0.05) is 11.6 Å². The first-order chi connectivity index (χ1) is 14.5. The Bertz CT molecular complexity index is 1190. The number of amides is 1. The second-order valence-corrected chi connectivity index (χ2v) is 7.02. The zero-order valence-corrected chi connectivity index (χ0v) is 17.1. The maximum Gasteiger partial charge on any atom is 0.255 e. The van der Waals surface area contributed by atoms with Gasteiger partial charge in [-0.25, -0.2) is 15.0 Å². The second kappa shape index (κ2) is 8.34. The lowest BCUT2D eigenvalue weighted by Crippen LogP contribution is -2.11. The average Bonchev–Trinajstić information content (AvgIpc) is 3.08. The fourth-order valence-corrected chi connectivity index (χ4v) is 2.90. The van der Waals surface area contributed by atoms with Crippen molar-refractivity contribution in [1.82, 2.24) is 19.5 Å². The van der Waals surface area contributed by atoms with Gasteiger partial charge in [0.2, 0.25) is 5.88 Å². The minimum atomic E-state index is -0.216. The molecule has 0 aliphatic carbocycles. The molecule has 0 aliphatic heterocycles. The Kier molecular flexibility index (Phi) is 5.45. The molecular formula is C22H18ClN5O2. The van der Waals surface area contributed by atoms with E-state index in [0.29, 0.717) is 33.7 Å². The maximum absolute atomic E-state index is 12.3. The van der Waals surface area contributed by atoms with Crippen LogP contribution in [-0.2, 0) is 0 Å². The summed E-state index contributed by atoms with van der Waals surface area (Å²) < 4.78 is 7.71. The molecule has 0 atom stereocenters. The zero-order chi connectivity index (χ0) is 21.1. The summed E-state index contributed by atoms with van der Waals surface area (Å²) in [6, 6.07) is 15.5. The number of aromatic nitrogens is 4. The quantitative estimate of drug-likeness (QED) is 0.493. The molecule has 0 bridgehead atoms. The number of ether oxygens (including phenoxy) is 1. The minimum Gasteiger partial charge on any atom is -0.439 e. The minimum absolute atomic E-state index is 0.216. The first-order valence-corrected chi connectivity index (χ1v) is 9.55. The first kappa shape index (κ1) is 19.6. The zero-order valence-electron chi connectivity index (χ0n) is 16.3. The van der Waals surface area contributed by atoms with Crippen LogP contribution in [0.3, 0.4) is 0 Å². The van der Waals surface area contributed by atoms with Gasteiger partial charge in [-0.15, -0.1) is 0 Å². The van der Waals surface area contributed by atoms with Crippen molar-refractivity contribution in [3.8, 4) is 17.4 Å². The Labute approximate surface area is 178 Å². The molecule has 0 spiro atoms. The molecule has 2 heterocycles. The normalized spacial score (nSPS) is 10.6. The number of hydrogen-bond donors (Lipinski definition) is 1. The van der Waals surface area contributed by atoms with Crippen molar-refractivity contribution in [3.05, 3.63) is 89.2 Å². The van der Waals surface area contributed by atoms with Crippen molar-refractivity contribution >= 4 is 23.2 Å². The third kappa shape index (κ3) is 4.31. The Morgan fingerprint density at radius 3 is 2.40 bits per heavy atom. The summed E-state index contributed by atoms with van der Waals surface area (Å²) in [5, 5.41) is 3.42. The topological polar surface area (TPSA) is 81.9 Å². The van der Waals surface area contributed by atoms with Gasteiger partial charge in [-0.3, -0.25) is 9.36 Å². The molecule has 0 radical (unpaired) electrons. The number of rotatable bonds is 5. The van der Waals surface area contributed by atoms with E-state index in [0.717, 1.165) is 11.4 Å². The van der Waals surface area contributed by atoms with Gasteiger partial charge in [0.1, 0.15) is 24.2 Å². The van der Waals surface area contributed by atoms with Gasteiger partial charge in [0, 0.05) is 28.0 Å². The number of carbonyl (C=O) groups excluding carboxylic acids is 1. The van der Waals surface area contributed by atoms with E-state index in [9.17, 15) is 4.79 Å². The smallest absolute Gasteiger partial charge is 0.255 e. The van der Waals surface area contributed by atoms with E-state index in [-0.39, 0.29) is 5.91 Å². The van der Waals surface area contributed by atoms with E-state index >= 15 is 0 Å². The third-order valence-electron chi connectivity index (χ3n) is 4.57. The summed E-state index contributed by atoms with van der Waals surface area (Å²) in [7, 11) is 0. The molecule has 150 valence electrons. The fraction of sp³-hybridized carbons (Fsp3) is 0.0909. The highest BCUT2D eigenvalue weighted by Gasteiger charge is 2.09. The van der Waals surface area contributed by atoms with Gasteiger partial charge < -0.3 is 10.1 Å². The van der Waals surface area contributed by atoms with Crippen LogP contribution in [0.2, 0.25) is 5.02 Å². The van der Waals surface area contributed by atoms with Crippen LogP contribution in [0, 0.1) is 13.8 Å². The van der Waals surface area contributed by atoms with Crippen LogP contribution >= 0.6 is 11.6 Å². The molecule has 4 rings (SSSR count). The number of anilines is 1. The SMILES string of the molecule is Cc1ncn(-c2cc(Oc3ccc(NC(=O)c4ccc(Cl)cc4)cc3)ncn2)c1C. The monoisotopic (exact) mass is 419 g/mol. The standard InChI is InChI=1S/C22H18ClN5O2/c1-14-15(2)28(13-26-14)20-11-21(25-12-24-20)30-19-9-7-18(8-10-19)27-22(29)16-3-5-17(23)6-4-16/h3-13H,1-2H3,(H,27,29). The van der Waals surface area contributed by atoms with Crippen LogP contribution in [-0.4, -0.2) is 25.4 Å². The predicted molar refractivity (Wildman–Crippen MR) is 115 cm³/mol. The van der Waals surface area contributed by atoms with Gasteiger partial charge in [-0.2, -0.15) is 0 Å². The summed E-state index contributed by atoms with van der Waals surface area (Å²) in [6.45, 7) is 3.92. The van der Waals surface area contributed by atoms with Crippen molar-refractivity contribution in [2.45, 2.75) is 13.8 Å². The van der Waals surface area contributed by atoms with Crippen LogP contribution in [0.15, 0.2) is 67.3 Å². The van der Waals surface area contributed by atoms with Crippen LogP contribution in [0.5, 0.6) is 11.6 Å². The Morgan fingerprint density at radius 1 is 1.00 bits per heavy atom. The van der Waals surface area contributed by atoms with Crippen molar-refractivity contribution in [2.24, 2.45) is 0 Å². The molecule has 0 saturated carbocycles. The van der Waals surface area contributed by atoms with Crippen molar-refractivity contribution in [3.63, 3.8) is 0 Å². The molecule has 2 aromatic heterocycles. The van der Waals surface area contributed by atoms with Crippen LogP contribution in [0.1, 0.15) is 21.7 Å². The highest BCUT2D eigenvalue weighted by molar-refractivity contribution is 6.30. The summed E-state index contributed by atoms with van der Waals surface area (Å²) in [4.78, 5) is 25.0. The van der Waals surface area contributed by atoms with Crippen LogP contribution in [0.25, 0.3) is 5.82 Å². The Hall–Kier alpha value is -3.71. The molecule has 1 amide bonds. The number of hydrogen-bond acceptors (Lipinski definition) is 5. The molecule has 4 aromatic rings. The number of benzene rings is 2. The molecule has 7 nitrogen and oxygen atoms in total. The van der Waals surface area contributed by atoms with E-state index in [1.54, 1.807) is 60.9 Å². The maximum atomic E-state index is 12.3. The lowest BCUT2D eigenvalue weighted by Gasteiger charge is -2.09. The molecule has 0 saturated heterocycles. The molecule has 30 heavy (non-hydrogen) atoms. The highest BCUT2D eigenvalue weighted by Crippen LogP contribution is 2.23. The van der Waals surface area contributed by atoms with E-state index < -0.39 is 0 Å². The lowest BCUT2D eigenvalue weighted by molar-refractivity contribution is 0.102. The average molecular weight is 420 g/mol. The molecule has 0 fully saturated rings. The molecule has 1 N–H and O–H groups in total. The molecule has 0 aliphatic rings. The fourth-order valence-electron chi connectivity index (χ4n) is 2.78. The summed E-state index contributed by atoms with van der Waals surface area (Å²) in [5.41, 5.74) is 3.11. The number of halogens is 1.